The fraction of sp³-hybridized carbons (Fsp3) is 0.385. The predicted molar refractivity (Wildman–Crippen MR) is 82.8 cm³/mol. The summed E-state index contributed by atoms with van der Waals surface area (Å²) < 4.78 is 12.6. The van der Waals surface area contributed by atoms with Crippen LogP contribution in [-0.4, -0.2) is 35.6 Å². The van der Waals surface area contributed by atoms with Crippen LogP contribution in [0.4, 0.5) is 20.6 Å². The van der Waals surface area contributed by atoms with Gasteiger partial charge in [0.05, 0.1) is 10.7 Å². The second-order valence-electron chi connectivity index (χ2n) is 4.09. The molecule has 3 amide bonds. The van der Waals surface area contributed by atoms with Gasteiger partial charge in [0.1, 0.15) is 0 Å². The number of nitrogens with zero attached hydrogens (tertiary/aromatic N) is 1. The molecule has 0 radical (unpaired) electrons. The van der Waals surface area contributed by atoms with Gasteiger partial charge in [-0.15, -0.1) is 0 Å². The molecule has 21 heavy (non-hydrogen) atoms. The van der Waals surface area contributed by atoms with Gasteiger partial charge in [-0.2, -0.15) is 0 Å². The first-order valence-electron chi connectivity index (χ1n) is 6.33. The van der Waals surface area contributed by atoms with E-state index in [0.717, 1.165) is 0 Å². The van der Waals surface area contributed by atoms with E-state index in [1.165, 1.54) is 12.1 Å². The van der Waals surface area contributed by atoms with Gasteiger partial charge in [0.15, 0.2) is 0 Å². The summed E-state index contributed by atoms with van der Waals surface area (Å²) >= 11 is 11.0. The molecular formula is C13H16Cl2FN3O2. The maximum atomic E-state index is 12.6. The van der Waals surface area contributed by atoms with Gasteiger partial charge in [-0.3, -0.25) is 4.79 Å². The van der Waals surface area contributed by atoms with Gasteiger partial charge in [0, 0.05) is 18.8 Å². The molecule has 5 nitrogen and oxygen atoms in total. The Morgan fingerprint density at radius 3 is 2.38 bits per heavy atom. The summed E-state index contributed by atoms with van der Waals surface area (Å²) in [5, 5.41) is 5.08. The number of anilines is 2. The minimum Gasteiger partial charge on any atom is -0.325 e. The minimum atomic E-state index is -2.15. The Bertz CT molecular complexity index is 522. The number of carbonyl (C=O) groups excluding carboxylic acids is 2. The summed E-state index contributed by atoms with van der Waals surface area (Å²) in [6.07, 6.45) is 0. The van der Waals surface area contributed by atoms with Crippen LogP contribution in [0.2, 0.25) is 5.02 Å². The lowest BCUT2D eigenvalue weighted by molar-refractivity contribution is -0.118. The highest BCUT2D eigenvalue weighted by molar-refractivity contribution is 6.35. The molecule has 1 unspecified atom stereocenters. The number of amides is 3. The number of hydrogen-bond donors (Lipinski definition) is 2. The monoisotopic (exact) mass is 335 g/mol. The lowest BCUT2D eigenvalue weighted by atomic mass is 10.2. The summed E-state index contributed by atoms with van der Waals surface area (Å²) in [4.78, 5) is 24.6. The number of nitrogens with one attached hydrogen (secondary N) is 2. The molecule has 1 aromatic carbocycles. The highest BCUT2D eigenvalue weighted by Crippen LogP contribution is 2.26. The van der Waals surface area contributed by atoms with Crippen molar-refractivity contribution in [1.29, 1.82) is 0 Å². The van der Waals surface area contributed by atoms with Crippen molar-refractivity contribution >= 4 is 46.5 Å². The van der Waals surface area contributed by atoms with Crippen LogP contribution < -0.4 is 10.6 Å². The third-order valence-electron chi connectivity index (χ3n) is 2.73. The molecule has 0 saturated heterocycles. The fourth-order valence-electron chi connectivity index (χ4n) is 1.59. The highest BCUT2D eigenvalue weighted by atomic mass is 35.5. The third kappa shape index (κ3) is 5.06. The molecule has 1 atom stereocenters. The van der Waals surface area contributed by atoms with Crippen LogP contribution in [0.25, 0.3) is 0 Å². The Morgan fingerprint density at radius 1 is 1.29 bits per heavy atom. The number of urea groups is 1. The molecule has 0 heterocycles. The van der Waals surface area contributed by atoms with Gasteiger partial charge in [-0.1, -0.05) is 23.2 Å². The highest BCUT2D eigenvalue weighted by Gasteiger charge is 2.15. The molecule has 0 aromatic heterocycles. The third-order valence-corrected chi connectivity index (χ3v) is 3.24. The van der Waals surface area contributed by atoms with Crippen LogP contribution in [0.5, 0.6) is 0 Å². The zero-order valence-corrected chi connectivity index (χ0v) is 13.1. The van der Waals surface area contributed by atoms with Gasteiger partial charge in [0.2, 0.25) is 0 Å². The number of halogens is 3. The molecule has 1 rings (SSSR count). The Balaban J connectivity index is 2.78. The lowest BCUT2D eigenvalue weighted by Crippen LogP contribution is -2.34. The minimum absolute atomic E-state index is 0.165. The number of rotatable bonds is 5. The van der Waals surface area contributed by atoms with Crippen LogP contribution in [0.3, 0.4) is 0 Å². The van der Waals surface area contributed by atoms with Crippen LogP contribution in [0, 0.1) is 0 Å². The molecule has 0 bridgehead atoms. The van der Waals surface area contributed by atoms with E-state index in [2.05, 4.69) is 10.6 Å². The molecule has 0 aliphatic carbocycles. The van der Waals surface area contributed by atoms with Crippen LogP contribution in [0.1, 0.15) is 13.8 Å². The summed E-state index contributed by atoms with van der Waals surface area (Å²) in [5.74, 6) is -1.00. The fourth-order valence-corrected chi connectivity index (χ4v) is 1.88. The van der Waals surface area contributed by atoms with Gasteiger partial charge in [-0.05, 0) is 32.0 Å². The molecule has 0 saturated carbocycles. The first-order valence-corrected chi connectivity index (χ1v) is 7.15. The van der Waals surface area contributed by atoms with Crippen molar-refractivity contribution in [3.8, 4) is 0 Å². The molecule has 116 valence electrons. The Kier molecular flexibility index (Phi) is 6.71. The molecule has 8 heteroatoms. The number of benzene rings is 1. The molecule has 2 N–H and O–H groups in total. The van der Waals surface area contributed by atoms with Gasteiger partial charge < -0.3 is 15.5 Å². The van der Waals surface area contributed by atoms with Crippen molar-refractivity contribution in [3.05, 3.63) is 23.2 Å². The second-order valence-corrected chi connectivity index (χ2v) is 4.88. The van der Waals surface area contributed by atoms with Crippen LogP contribution >= 0.6 is 23.2 Å². The zero-order valence-electron chi connectivity index (χ0n) is 11.6. The summed E-state index contributed by atoms with van der Waals surface area (Å²) in [5.41, 5.74) is -1.47. The van der Waals surface area contributed by atoms with Crippen LogP contribution in [-0.2, 0) is 4.79 Å². The SMILES string of the molecule is CCN(CC)C(=O)Nc1ccc(NC(=O)C(F)Cl)c(Cl)c1. The Morgan fingerprint density at radius 2 is 1.90 bits per heavy atom. The van der Waals surface area contributed by atoms with Crippen LogP contribution in [0.15, 0.2) is 18.2 Å². The second kappa shape index (κ2) is 8.05. The number of carbonyl (C=O) groups is 2. The Labute approximate surface area is 132 Å². The first-order chi connectivity index (χ1) is 9.88. The van der Waals surface area contributed by atoms with Crippen molar-refractivity contribution in [2.24, 2.45) is 0 Å². The van der Waals surface area contributed by atoms with Crippen molar-refractivity contribution in [2.75, 3.05) is 23.7 Å². The molecule has 0 fully saturated rings. The summed E-state index contributed by atoms with van der Waals surface area (Å²) in [6.45, 7) is 4.90. The maximum absolute atomic E-state index is 12.6. The number of alkyl halides is 2. The van der Waals surface area contributed by atoms with E-state index >= 15 is 0 Å². The van der Waals surface area contributed by atoms with E-state index in [1.54, 1.807) is 11.0 Å². The van der Waals surface area contributed by atoms with E-state index in [0.29, 0.717) is 18.8 Å². The summed E-state index contributed by atoms with van der Waals surface area (Å²) in [6, 6.07) is 4.21. The normalized spacial score (nSPS) is 11.7. The molecular weight excluding hydrogens is 320 g/mol. The zero-order chi connectivity index (χ0) is 16.0. The quantitative estimate of drug-likeness (QED) is 0.806. The average molecular weight is 336 g/mol. The van der Waals surface area contributed by atoms with Crippen molar-refractivity contribution in [3.63, 3.8) is 0 Å². The predicted octanol–water partition coefficient (Wildman–Crippen LogP) is 3.69. The lowest BCUT2D eigenvalue weighted by Gasteiger charge is -2.19. The standard InChI is InChI=1S/C13H16Cl2FN3O2/c1-3-19(4-2)13(21)17-8-5-6-10(9(14)7-8)18-12(20)11(15)16/h5-7,11H,3-4H2,1-2H3,(H,17,21)(H,18,20). The summed E-state index contributed by atoms with van der Waals surface area (Å²) in [7, 11) is 0. The molecule has 0 aliphatic rings. The van der Waals surface area contributed by atoms with Gasteiger partial charge in [-0.25, -0.2) is 9.18 Å². The largest absolute Gasteiger partial charge is 0.325 e. The van der Waals surface area contributed by atoms with E-state index < -0.39 is 11.5 Å². The topological polar surface area (TPSA) is 61.4 Å². The molecule has 0 spiro atoms. The van der Waals surface area contributed by atoms with E-state index in [1.807, 2.05) is 13.8 Å². The first kappa shape index (κ1) is 17.5. The molecule has 0 aliphatic heterocycles. The average Bonchev–Trinajstić information content (AvgIpc) is 2.42. The van der Waals surface area contributed by atoms with Crippen molar-refractivity contribution in [2.45, 2.75) is 19.5 Å². The van der Waals surface area contributed by atoms with Gasteiger partial charge >= 0.3 is 6.03 Å². The van der Waals surface area contributed by atoms with E-state index in [4.69, 9.17) is 23.2 Å². The van der Waals surface area contributed by atoms with Crippen molar-refractivity contribution < 1.29 is 14.0 Å². The van der Waals surface area contributed by atoms with E-state index in [-0.39, 0.29) is 16.7 Å². The molecule has 1 aromatic rings. The number of hydrogen-bond acceptors (Lipinski definition) is 2. The maximum Gasteiger partial charge on any atom is 0.321 e. The smallest absolute Gasteiger partial charge is 0.321 e. The van der Waals surface area contributed by atoms with E-state index in [9.17, 15) is 14.0 Å². The van der Waals surface area contributed by atoms with Crippen molar-refractivity contribution in [1.82, 2.24) is 4.90 Å². The van der Waals surface area contributed by atoms with Gasteiger partial charge in [0.25, 0.3) is 11.5 Å². The Hall–Kier alpha value is -1.53.